The highest BCUT2D eigenvalue weighted by Gasteiger charge is 2.21. The van der Waals surface area contributed by atoms with Gasteiger partial charge in [0, 0.05) is 34.1 Å². The molecule has 2 aromatic rings. The fourth-order valence-electron chi connectivity index (χ4n) is 3.02. The van der Waals surface area contributed by atoms with Gasteiger partial charge in [-0.15, -0.1) is 0 Å². The molecule has 5 heteroatoms. The number of aryl methyl sites for hydroxylation is 1. The van der Waals surface area contributed by atoms with Crippen LogP contribution in [0.5, 0.6) is 0 Å². The molecule has 0 saturated carbocycles. The van der Waals surface area contributed by atoms with E-state index in [0.29, 0.717) is 0 Å². The average Bonchev–Trinajstić information content (AvgIpc) is 3.09. The molecule has 1 amide bonds. The first-order valence-corrected chi connectivity index (χ1v) is 8.32. The van der Waals surface area contributed by atoms with Crippen LogP contribution in [0.3, 0.4) is 0 Å². The van der Waals surface area contributed by atoms with Crippen LogP contribution in [0.1, 0.15) is 28.2 Å². The Bertz CT molecular complexity index is 685. The van der Waals surface area contributed by atoms with Crippen LogP contribution in [0.4, 0.5) is 0 Å². The van der Waals surface area contributed by atoms with Gasteiger partial charge in [0.25, 0.3) is 5.91 Å². The van der Waals surface area contributed by atoms with Gasteiger partial charge >= 0.3 is 0 Å². The summed E-state index contributed by atoms with van der Waals surface area (Å²) in [7, 11) is 0. The summed E-state index contributed by atoms with van der Waals surface area (Å²) >= 11 is 3.45. The maximum absolute atomic E-state index is 12.5. The molecule has 1 saturated heterocycles. The lowest BCUT2D eigenvalue weighted by Crippen LogP contribution is -2.36. The first-order valence-electron chi connectivity index (χ1n) is 7.52. The van der Waals surface area contributed by atoms with E-state index in [2.05, 4.69) is 31.1 Å². The number of carbonyl (C=O) groups is 1. The zero-order valence-electron chi connectivity index (χ0n) is 12.8. The number of carbonyl (C=O) groups excluding carboxylic acids is 1. The number of halogens is 1. The van der Waals surface area contributed by atoms with Gasteiger partial charge in [0.05, 0.1) is 5.56 Å². The highest BCUT2D eigenvalue weighted by atomic mass is 79.9. The predicted molar refractivity (Wildman–Crippen MR) is 91.7 cm³/mol. The quantitative estimate of drug-likeness (QED) is 0.882. The molecule has 1 fully saturated rings. The normalized spacial score (nSPS) is 17.7. The standard InChI is InChI=1S/C17H20BrN3O/c1-11-9-16(17(22)20-14-7-8-19-10-14)12(2)21(11)15-5-3-13(18)4-6-15/h3-6,9,14,19H,7-8,10H2,1-2H3,(H,20,22). The lowest BCUT2D eigenvalue weighted by Gasteiger charge is -2.12. The molecule has 0 aliphatic carbocycles. The smallest absolute Gasteiger partial charge is 0.253 e. The molecule has 116 valence electrons. The summed E-state index contributed by atoms with van der Waals surface area (Å²) in [4.78, 5) is 12.5. The van der Waals surface area contributed by atoms with Crippen molar-refractivity contribution in [2.45, 2.75) is 26.3 Å². The van der Waals surface area contributed by atoms with Crippen molar-refractivity contribution >= 4 is 21.8 Å². The van der Waals surface area contributed by atoms with E-state index in [1.54, 1.807) is 0 Å². The summed E-state index contributed by atoms with van der Waals surface area (Å²) in [5.41, 5.74) is 3.87. The van der Waals surface area contributed by atoms with Crippen molar-refractivity contribution in [3.8, 4) is 5.69 Å². The van der Waals surface area contributed by atoms with E-state index in [0.717, 1.165) is 46.6 Å². The maximum atomic E-state index is 12.5. The van der Waals surface area contributed by atoms with Crippen LogP contribution in [-0.4, -0.2) is 29.6 Å². The molecular formula is C17H20BrN3O. The predicted octanol–water partition coefficient (Wildman–Crippen LogP) is 2.95. The Morgan fingerprint density at radius 1 is 1.32 bits per heavy atom. The zero-order valence-corrected chi connectivity index (χ0v) is 14.4. The molecule has 1 aromatic carbocycles. The Labute approximate surface area is 139 Å². The summed E-state index contributed by atoms with van der Waals surface area (Å²) in [5.74, 6) is 0.0187. The second kappa shape index (κ2) is 6.26. The van der Waals surface area contributed by atoms with E-state index in [9.17, 15) is 4.79 Å². The van der Waals surface area contributed by atoms with Gasteiger partial charge in [0.15, 0.2) is 0 Å². The van der Waals surface area contributed by atoms with E-state index in [1.807, 2.05) is 44.2 Å². The molecule has 2 heterocycles. The van der Waals surface area contributed by atoms with E-state index >= 15 is 0 Å². The fourth-order valence-corrected chi connectivity index (χ4v) is 3.29. The van der Waals surface area contributed by atoms with E-state index in [4.69, 9.17) is 0 Å². The van der Waals surface area contributed by atoms with Crippen molar-refractivity contribution in [1.82, 2.24) is 15.2 Å². The SMILES string of the molecule is Cc1cc(C(=O)NC2CCNC2)c(C)n1-c1ccc(Br)cc1. The average molecular weight is 362 g/mol. The molecule has 0 bridgehead atoms. The summed E-state index contributed by atoms with van der Waals surface area (Å²) in [5, 5.41) is 6.38. The monoisotopic (exact) mass is 361 g/mol. The molecule has 1 unspecified atom stereocenters. The number of nitrogens with zero attached hydrogens (tertiary/aromatic N) is 1. The van der Waals surface area contributed by atoms with Gasteiger partial charge in [-0.2, -0.15) is 0 Å². The number of hydrogen-bond acceptors (Lipinski definition) is 2. The first kappa shape index (κ1) is 15.3. The van der Waals surface area contributed by atoms with Crippen LogP contribution in [0.25, 0.3) is 5.69 Å². The van der Waals surface area contributed by atoms with Crippen molar-refractivity contribution in [2.75, 3.05) is 13.1 Å². The maximum Gasteiger partial charge on any atom is 0.253 e. The van der Waals surface area contributed by atoms with Crippen LogP contribution >= 0.6 is 15.9 Å². The largest absolute Gasteiger partial charge is 0.348 e. The van der Waals surface area contributed by atoms with Crippen molar-refractivity contribution in [3.63, 3.8) is 0 Å². The molecule has 1 aliphatic rings. The highest BCUT2D eigenvalue weighted by molar-refractivity contribution is 9.10. The molecule has 0 spiro atoms. The number of benzene rings is 1. The third kappa shape index (κ3) is 2.96. The molecule has 1 aliphatic heterocycles. The topological polar surface area (TPSA) is 46.1 Å². The second-order valence-electron chi connectivity index (χ2n) is 5.76. The lowest BCUT2D eigenvalue weighted by atomic mass is 10.2. The molecular weight excluding hydrogens is 342 g/mol. The van der Waals surface area contributed by atoms with Crippen LogP contribution < -0.4 is 10.6 Å². The van der Waals surface area contributed by atoms with Crippen LogP contribution in [0, 0.1) is 13.8 Å². The Morgan fingerprint density at radius 3 is 2.68 bits per heavy atom. The van der Waals surface area contributed by atoms with Gasteiger partial charge < -0.3 is 15.2 Å². The molecule has 1 aromatic heterocycles. The van der Waals surface area contributed by atoms with Crippen molar-refractivity contribution < 1.29 is 4.79 Å². The minimum absolute atomic E-state index is 0.0187. The second-order valence-corrected chi connectivity index (χ2v) is 6.68. The molecule has 4 nitrogen and oxygen atoms in total. The first-order chi connectivity index (χ1) is 10.6. The van der Waals surface area contributed by atoms with Gasteiger partial charge in [0.2, 0.25) is 0 Å². The summed E-state index contributed by atoms with van der Waals surface area (Å²) in [6, 6.07) is 10.3. The van der Waals surface area contributed by atoms with Crippen molar-refractivity contribution in [1.29, 1.82) is 0 Å². The summed E-state index contributed by atoms with van der Waals surface area (Å²) < 4.78 is 3.17. The Hall–Kier alpha value is -1.59. The van der Waals surface area contributed by atoms with Crippen molar-refractivity contribution in [3.05, 3.63) is 51.8 Å². The van der Waals surface area contributed by atoms with Crippen LogP contribution in [0.15, 0.2) is 34.8 Å². The molecule has 0 radical (unpaired) electrons. The third-order valence-electron chi connectivity index (χ3n) is 4.16. The minimum Gasteiger partial charge on any atom is -0.348 e. The number of amides is 1. The molecule has 2 N–H and O–H groups in total. The zero-order chi connectivity index (χ0) is 15.7. The fraction of sp³-hybridized carbons (Fsp3) is 0.353. The number of hydrogen-bond donors (Lipinski definition) is 2. The van der Waals surface area contributed by atoms with Gasteiger partial charge in [-0.3, -0.25) is 4.79 Å². The highest BCUT2D eigenvalue weighted by Crippen LogP contribution is 2.22. The molecule has 22 heavy (non-hydrogen) atoms. The third-order valence-corrected chi connectivity index (χ3v) is 4.68. The van der Waals surface area contributed by atoms with Gasteiger partial charge in [-0.25, -0.2) is 0 Å². The summed E-state index contributed by atoms with van der Waals surface area (Å²) in [6.07, 6.45) is 0.997. The number of rotatable bonds is 3. The summed E-state index contributed by atoms with van der Waals surface area (Å²) in [6.45, 7) is 5.86. The van der Waals surface area contributed by atoms with Gasteiger partial charge in [-0.1, -0.05) is 15.9 Å². The Kier molecular flexibility index (Phi) is 4.36. The van der Waals surface area contributed by atoms with Crippen LogP contribution in [0.2, 0.25) is 0 Å². The van der Waals surface area contributed by atoms with Crippen molar-refractivity contribution in [2.24, 2.45) is 0 Å². The van der Waals surface area contributed by atoms with Crippen LogP contribution in [-0.2, 0) is 0 Å². The number of nitrogens with one attached hydrogen (secondary N) is 2. The Balaban J connectivity index is 1.89. The molecule has 3 rings (SSSR count). The Morgan fingerprint density at radius 2 is 2.05 bits per heavy atom. The minimum atomic E-state index is 0.0187. The van der Waals surface area contributed by atoms with E-state index in [-0.39, 0.29) is 11.9 Å². The lowest BCUT2D eigenvalue weighted by molar-refractivity contribution is 0.0939. The van der Waals surface area contributed by atoms with Gasteiger partial charge in [0.1, 0.15) is 0 Å². The molecule has 1 atom stereocenters. The van der Waals surface area contributed by atoms with Gasteiger partial charge in [-0.05, 0) is 57.1 Å². The van der Waals surface area contributed by atoms with E-state index in [1.165, 1.54) is 0 Å². The van der Waals surface area contributed by atoms with E-state index < -0.39 is 0 Å². The number of aromatic nitrogens is 1.